The van der Waals surface area contributed by atoms with Gasteiger partial charge in [-0.2, -0.15) is 0 Å². The zero-order valence-electron chi connectivity index (χ0n) is 19.7. The van der Waals surface area contributed by atoms with E-state index in [1.807, 2.05) is 6.07 Å². The molecule has 0 saturated carbocycles. The summed E-state index contributed by atoms with van der Waals surface area (Å²) in [5.41, 5.74) is 7.53. The quantitative estimate of drug-likeness (QED) is 0.455. The van der Waals surface area contributed by atoms with Gasteiger partial charge in [-0.15, -0.1) is 13.2 Å². The Kier molecular flexibility index (Phi) is 6.30. The molecule has 2 aromatic heterocycles. The number of aromatic amines is 1. The van der Waals surface area contributed by atoms with E-state index < -0.39 is 18.0 Å². The van der Waals surface area contributed by atoms with Crippen molar-refractivity contribution in [3.05, 3.63) is 52.1 Å². The molecule has 1 aromatic carbocycles. The zero-order valence-corrected chi connectivity index (χ0v) is 19.7. The molecule has 10 nitrogen and oxygen atoms in total. The fourth-order valence-electron chi connectivity index (χ4n) is 5.10. The molecule has 2 amide bonds. The van der Waals surface area contributed by atoms with Crippen LogP contribution < -0.4 is 21.5 Å². The lowest BCUT2D eigenvalue weighted by Gasteiger charge is -2.33. The zero-order chi connectivity index (χ0) is 26.3. The summed E-state index contributed by atoms with van der Waals surface area (Å²) < 4.78 is 42.9. The van der Waals surface area contributed by atoms with E-state index in [0.717, 1.165) is 24.1 Å². The van der Waals surface area contributed by atoms with Crippen LogP contribution in [0.2, 0.25) is 0 Å². The van der Waals surface area contributed by atoms with Crippen molar-refractivity contribution in [2.75, 3.05) is 25.4 Å². The van der Waals surface area contributed by atoms with Gasteiger partial charge in [-0.05, 0) is 48.9 Å². The number of H-pyrrole nitrogens is 1. The summed E-state index contributed by atoms with van der Waals surface area (Å²) in [7, 11) is 0. The third-order valence-electron chi connectivity index (χ3n) is 6.91. The van der Waals surface area contributed by atoms with Crippen LogP contribution in [-0.2, 0) is 4.79 Å². The molecule has 2 saturated heterocycles. The molecule has 0 unspecified atom stereocenters. The average Bonchev–Trinajstić information content (AvgIpc) is 3.17. The Labute approximate surface area is 208 Å². The predicted octanol–water partition coefficient (Wildman–Crippen LogP) is 2.68. The number of imidazole rings is 1. The highest BCUT2D eigenvalue weighted by atomic mass is 19.4. The number of amides is 2. The van der Waals surface area contributed by atoms with E-state index in [4.69, 9.17) is 5.73 Å². The third-order valence-corrected chi connectivity index (χ3v) is 6.91. The number of halogens is 3. The fourth-order valence-corrected chi connectivity index (χ4v) is 5.10. The van der Waals surface area contributed by atoms with Gasteiger partial charge in [-0.25, -0.2) is 9.78 Å². The standard InChI is InChI=1S/C24H25F3N6O4/c25-24(26,27)37-16-1-2-17(18(28)11-16)22(35)32-7-4-15(5-8-32)33-19-9-14(12-30-21(19)31-23(33)36)13-3-6-29-20(34)10-13/h1-2,9,11-13,15H,3-8,10,28H2,(H,29,34)(H,30,31,36)/t13-/m1/s1. The Hall–Kier alpha value is -4.03. The molecular formula is C24H25F3N6O4. The Balaban J connectivity index is 1.31. The molecule has 0 radical (unpaired) electrons. The van der Waals surface area contributed by atoms with Crippen molar-refractivity contribution < 1.29 is 27.5 Å². The number of likely N-dealkylation sites (tertiary alicyclic amines) is 1. The summed E-state index contributed by atoms with van der Waals surface area (Å²) in [4.78, 5) is 46.4. The summed E-state index contributed by atoms with van der Waals surface area (Å²) in [5.74, 6) is -0.883. The van der Waals surface area contributed by atoms with E-state index in [0.29, 0.717) is 50.1 Å². The van der Waals surface area contributed by atoms with Crippen LogP contribution in [0, 0.1) is 0 Å². The number of carbonyl (C=O) groups is 2. The first-order valence-electron chi connectivity index (χ1n) is 11.9. The molecule has 2 aliphatic rings. The van der Waals surface area contributed by atoms with Crippen molar-refractivity contribution in [2.24, 2.45) is 0 Å². The number of carbonyl (C=O) groups excluding carboxylic acids is 2. The van der Waals surface area contributed by atoms with Crippen LogP contribution in [0.3, 0.4) is 0 Å². The first kappa shape index (κ1) is 24.7. The molecule has 2 aliphatic heterocycles. The van der Waals surface area contributed by atoms with Crippen LogP contribution in [0.15, 0.2) is 35.3 Å². The van der Waals surface area contributed by atoms with Crippen LogP contribution in [0.4, 0.5) is 18.9 Å². The molecule has 196 valence electrons. The number of ether oxygens (including phenoxy) is 1. The molecule has 4 N–H and O–H groups in total. The van der Waals surface area contributed by atoms with E-state index in [-0.39, 0.29) is 34.8 Å². The van der Waals surface area contributed by atoms with E-state index in [2.05, 4.69) is 20.0 Å². The van der Waals surface area contributed by atoms with Crippen LogP contribution in [0.5, 0.6) is 5.75 Å². The Bertz CT molecular complexity index is 1410. The first-order valence-corrected chi connectivity index (χ1v) is 11.9. The molecular weight excluding hydrogens is 493 g/mol. The number of rotatable bonds is 4. The van der Waals surface area contributed by atoms with Gasteiger partial charge in [0.2, 0.25) is 5.91 Å². The number of nitrogen functional groups attached to an aromatic ring is 1. The van der Waals surface area contributed by atoms with Crippen molar-refractivity contribution in [3.8, 4) is 5.75 Å². The third kappa shape index (κ3) is 5.11. The molecule has 0 spiro atoms. The monoisotopic (exact) mass is 518 g/mol. The van der Waals surface area contributed by atoms with Gasteiger partial charge in [-0.3, -0.25) is 19.1 Å². The van der Waals surface area contributed by atoms with Gasteiger partial charge < -0.3 is 20.7 Å². The highest BCUT2D eigenvalue weighted by molar-refractivity contribution is 5.99. The number of benzene rings is 1. The number of aromatic nitrogens is 3. The molecule has 2 fully saturated rings. The van der Waals surface area contributed by atoms with Gasteiger partial charge in [-0.1, -0.05) is 0 Å². The van der Waals surface area contributed by atoms with Crippen LogP contribution in [-0.4, -0.2) is 57.2 Å². The summed E-state index contributed by atoms with van der Waals surface area (Å²) in [6.07, 6.45) is -1.02. The average molecular weight is 518 g/mol. The Morgan fingerprint density at radius 3 is 2.57 bits per heavy atom. The smallest absolute Gasteiger partial charge is 0.406 e. The molecule has 1 atom stereocenters. The molecule has 3 aromatic rings. The second-order valence-electron chi connectivity index (χ2n) is 9.30. The van der Waals surface area contributed by atoms with Gasteiger partial charge in [0.15, 0.2) is 5.65 Å². The minimum absolute atomic E-state index is 0.0111. The van der Waals surface area contributed by atoms with E-state index in [1.54, 1.807) is 15.7 Å². The van der Waals surface area contributed by atoms with Gasteiger partial charge >= 0.3 is 12.1 Å². The van der Waals surface area contributed by atoms with E-state index >= 15 is 0 Å². The predicted molar refractivity (Wildman–Crippen MR) is 127 cm³/mol. The normalized spacial score (nSPS) is 19.2. The lowest BCUT2D eigenvalue weighted by molar-refractivity contribution is -0.274. The Morgan fingerprint density at radius 2 is 1.89 bits per heavy atom. The number of nitrogens with zero attached hydrogens (tertiary/aromatic N) is 3. The topological polar surface area (TPSA) is 135 Å². The van der Waals surface area contributed by atoms with Crippen molar-refractivity contribution in [2.45, 2.75) is 44.0 Å². The molecule has 13 heteroatoms. The van der Waals surface area contributed by atoms with E-state index in [1.165, 1.54) is 6.07 Å². The maximum atomic E-state index is 13.0. The van der Waals surface area contributed by atoms with Gasteiger partial charge in [0.05, 0.1) is 11.1 Å². The number of piperidine rings is 2. The number of hydrogen-bond acceptors (Lipinski definition) is 6. The number of hydrogen-bond donors (Lipinski definition) is 3. The summed E-state index contributed by atoms with van der Waals surface area (Å²) in [6, 6.07) is 4.96. The van der Waals surface area contributed by atoms with Crippen molar-refractivity contribution in [3.63, 3.8) is 0 Å². The van der Waals surface area contributed by atoms with Crippen molar-refractivity contribution >= 4 is 28.7 Å². The largest absolute Gasteiger partial charge is 0.573 e. The number of nitrogens with two attached hydrogens (primary N) is 1. The molecule has 0 aliphatic carbocycles. The first-order chi connectivity index (χ1) is 17.6. The summed E-state index contributed by atoms with van der Waals surface area (Å²) in [6.45, 7) is 1.26. The second-order valence-corrected chi connectivity index (χ2v) is 9.30. The number of fused-ring (bicyclic) bond motifs is 1. The highest BCUT2D eigenvalue weighted by Gasteiger charge is 2.32. The maximum absolute atomic E-state index is 13.0. The minimum Gasteiger partial charge on any atom is -0.406 e. The summed E-state index contributed by atoms with van der Waals surface area (Å²) in [5, 5.41) is 2.81. The number of nitrogens with one attached hydrogen (secondary N) is 2. The molecule has 5 rings (SSSR count). The minimum atomic E-state index is -4.86. The lowest BCUT2D eigenvalue weighted by Crippen LogP contribution is -2.40. The van der Waals surface area contributed by atoms with E-state index in [9.17, 15) is 27.6 Å². The second kappa shape index (κ2) is 9.45. The maximum Gasteiger partial charge on any atom is 0.573 e. The molecule has 0 bridgehead atoms. The van der Waals surface area contributed by atoms with Gasteiger partial charge in [0, 0.05) is 50.0 Å². The van der Waals surface area contributed by atoms with Gasteiger partial charge in [0.25, 0.3) is 5.91 Å². The number of anilines is 1. The van der Waals surface area contributed by atoms with Crippen molar-refractivity contribution in [1.29, 1.82) is 0 Å². The van der Waals surface area contributed by atoms with Crippen molar-refractivity contribution in [1.82, 2.24) is 24.8 Å². The SMILES string of the molecule is Nc1cc(OC(F)(F)F)ccc1C(=O)N1CCC(n2c(=O)[nH]c3ncc([C@@H]4CCNC(=O)C4)cc32)CC1. The van der Waals surface area contributed by atoms with Crippen LogP contribution in [0.25, 0.3) is 11.2 Å². The lowest BCUT2D eigenvalue weighted by atomic mass is 9.91. The Morgan fingerprint density at radius 1 is 1.14 bits per heavy atom. The number of pyridine rings is 1. The summed E-state index contributed by atoms with van der Waals surface area (Å²) >= 11 is 0. The van der Waals surface area contributed by atoms with Gasteiger partial charge in [0.1, 0.15) is 5.75 Å². The fraction of sp³-hybridized carbons (Fsp3) is 0.417. The number of alkyl halides is 3. The van der Waals surface area contributed by atoms with Crippen LogP contribution >= 0.6 is 0 Å². The molecule has 4 heterocycles. The van der Waals surface area contributed by atoms with Crippen LogP contribution in [0.1, 0.15) is 53.6 Å². The molecule has 37 heavy (non-hydrogen) atoms. The highest BCUT2D eigenvalue weighted by Crippen LogP contribution is 2.31.